The summed E-state index contributed by atoms with van der Waals surface area (Å²) in [6, 6.07) is 9.70. The number of amides is 1. The average molecular weight is 271 g/mol. The molecule has 0 aromatic heterocycles. The first-order chi connectivity index (χ1) is 9.70. The van der Waals surface area contributed by atoms with Crippen LogP contribution in [0.1, 0.15) is 43.4 Å². The summed E-state index contributed by atoms with van der Waals surface area (Å²) in [5.41, 5.74) is 1.69. The molecule has 0 bridgehead atoms. The monoisotopic (exact) mass is 271 g/mol. The number of hydrogen-bond acceptors (Lipinski definition) is 3. The Hall–Kier alpha value is -1.86. The Kier molecular flexibility index (Phi) is 5.14. The molecule has 1 unspecified atom stereocenters. The lowest BCUT2D eigenvalue weighted by Gasteiger charge is -2.27. The summed E-state index contributed by atoms with van der Waals surface area (Å²) in [6.07, 6.45) is 3.46. The van der Waals surface area contributed by atoms with Gasteiger partial charge in [-0.15, -0.1) is 0 Å². The van der Waals surface area contributed by atoms with Crippen LogP contribution in [0, 0.1) is 11.3 Å². The van der Waals surface area contributed by atoms with Gasteiger partial charge in [-0.2, -0.15) is 5.26 Å². The number of nitrogens with one attached hydrogen (secondary N) is 1. The molecule has 2 rings (SSSR count). The summed E-state index contributed by atoms with van der Waals surface area (Å²) in [7, 11) is 0. The zero-order valence-corrected chi connectivity index (χ0v) is 11.9. The Labute approximate surface area is 120 Å². The second-order valence-corrected chi connectivity index (χ2v) is 5.28. The van der Waals surface area contributed by atoms with E-state index >= 15 is 0 Å². The standard InChI is InChI=1S/C16H21N3O/c1-13(15-7-5-6-14(10-15)11-17)18-12-16(20)19-8-3-2-4-9-19/h5-7,10,13,18H,2-4,8-9,12H2,1H3. The number of nitriles is 1. The summed E-state index contributed by atoms with van der Waals surface area (Å²) in [5.74, 6) is 0.174. The molecule has 0 aliphatic carbocycles. The topological polar surface area (TPSA) is 56.1 Å². The third-order valence-corrected chi connectivity index (χ3v) is 3.78. The highest BCUT2D eigenvalue weighted by Gasteiger charge is 2.17. The van der Waals surface area contributed by atoms with E-state index in [1.54, 1.807) is 6.07 Å². The van der Waals surface area contributed by atoms with E-state index in [4.69, 9.17) is 5.26 Å². The summed E-state index contributed by atoms with van der Waals surface area (Å²) < 4.78 is 0. The number of piperidine rings is 1. The lowest BCUT2D eigenvalue weighted by molar-refractivity contribution is -0.131. The molecule has 1 amide bonds. The highest BCUT2D eigenvalue weighted by Crippen LogP contribution is 2.14. The van der Waals surface area contributed by atoms with E-state index in [1.807, 2.05) is 30.0 Å². The van der Waals surface area contributed by atoms with E-state index < -0.39 is 0 Å². The summed E-state index contributed by atoms with van der Waals surface area (Å²) >= 11 is 0. The molecule has 1 aromatic rings. The molecule has 1 atom stereocenters. The predicted octanol–water partition coefficient (Wildman–Crippen LogP) is 2.22. The van der Waals surface area contributed by atoms with Crippen molar-refractivity contribution in [3.63, 3.8) is 0 Å². The van der Waals surface area contributed by atoms with Gasteiger partial charge in [-0.1, -0.05) is 12.1 Å². The van der Waals surface area contributed by atoms with Crippen molar-refractivity contribution in [3.05, 3.63) is 35.4 Å². The first-order valence-electron chi connectivity index (χ1n) is 7.22. The van der Waals surface area contributed by atoms with Gasteiger partial charge in [-0.05, 0) is 43.9 Å². The SMILES string of the molecule is CC(NCC(=O)N1CCCCC1)c1cccc(C#N)c1. The molecule has 1 N–H and O–H groups in total. The molecule has 1 aliphatic heterocycles. The van der Waals surface area contributed by atoms with Gasteiger partial charge in [0.2, 0.25) is 5.91 Å². The first kappa shape index (κ1) is 14.5. The molecule has 1 fully saturated rings. The van der Waals surface area contributed by atoms with Crippen LogP contribution in [0.5, 0.6) is 0 Å². The highest BCUT2D eigenvalue weighted by atomic mass is 16.2. The van der Waals surface area contributed by atoms with E-state index in [2.05, 4.69) is 11.4 Å². The van der Waals surface area contributed by atoms with Crippen LogP contribution in [0.15, 0.2) is 24.3 Å². The minimum absolute atomic E-state index is 0.0667. The number of carbonyl (C=O) groups excluding carboxylic acids is 1. The molecular weight excluding hydrogens is 250 g/mol. The Morgan fingerprint density at radius 2 is 2.15 bits per heavy atom. The fourth-order valence-electron chi connectivity index (χ4n) is 2.49. The highest BCUT2D eigenvalue weighted by molar-refractivity contribution is 5.78. The number of hydrogen-bond donors (Lipinski definition) is 1. The maximum atomic E-state index is 12.1. The van der Waals surface area contributed by atoms with Gasteiger partial charge in [0.25, 0.3) is 0 Å². The molecule has 0 saturated carbocycles. The summed E-state index contributed by atoms with van der Waals surface area (Å²) in [4.78, 5) is 14.0. The molecule has 4 heteroatoms. The molecule has 0 spiro atoms. The van der Waals surface area contributed by atoms with Crippen molar-refractivity contribution >= 4 is 5.91 Å². The maximum absolute atomic E-state index is 12.1. The van der Waals surface area contributed by atoms with Crippen molar-refractivity contribution in [2.45, 2.75) is 32.2 Å². The Morgan fingerprint density at radius 1 is 1.40 bits per heavy atom. The smallest absolute Gasteiger partial charge is 0.236 e. The Balaban J connectivity index is 1.86. The van der Waals surface area contributed by atoms with Gasteiger partial charge in [0, 0.05) is 19.1 Å². The quantitative estimate of drug-likeness (QED) is 0.913. The number of benzene rings is 1. The van der Waals surface area contributed by atoms with Crippen LogP contribution in [0.2, 0.25) is 0 Å². The normalized spacial score (nSPS) is 16.5. The van der Waals surface area contributed by atoms with Crippen LogP contribution in [0.3, 0.4) is 0 Å². The van der Waals surface area contributed by atoms with Crippen LogP contribution in [-0.2, 0) is 4.79 Å². The number of nitrogens with zero attached hydrogens (tertiary/aromatic N) is 2. The fourth-order valence-corrected chi connectivity index (χ4v) is 2.49. The first-order valence-corrected chi connectivity index (χ1v) is 7.22. The third-order valence-electron chi connectivity index (χ3n) is 3.78. The number of carbonyl (C=O) groups is 1. The van der Waals surface area contributed by atoms with Crippen LogP contribution in [-0.4, -0.2) is 30.4 Å². The molecule has 1 heterocycles. The van der Waals surface area contributed by atoms with Crippen molar-refractivity contribution in [1.29, 1.82) is 5.26 Å². The van der Waals surface area contributed by atoms with Gasteiger partial charge < -0.3 is 10.2 Å². The number of rotatable bonds is 4. The van der Waals surface area contributed by atoms with Crippen LogP contribution < -0.4 is 5.32 Å². The molecule has 0 radical (unpaired) electrons. The molecule has 20 heavy (non-hydrogen) atoms. The van der Waals surface area contributed by atoms with Gasteiger partial charge in [0.05, 0.1) is 18.2 Å². The molecule has 1 saturated heterocycles. The third kappa shape index (κ3) is 3.82. The zero-order chi connectivity index (χ0) is 14.4. The van der Waals surface area contributed by atoms with E-state index in [0.717, 1.165) is 31.5 Å². The van der Waals surface area contributed by atoms with Crippen LogP contribution in [0.4, 0.5) is 0 Å². The maximum Gasteiger partial charge on any atom is 0.236 e. The van der Waals surface area contributed by atoms with Crippen LogP contribution in [0.25, 0.3) is 0 Å². The van der Waals surface area contributed by atoms with Crippen molar-refractivity contribution < 1.29 is 4.79 Å². The summed E-state index contributed by atoms with van der Waals surface area (Å²) in [5, 5.41) is 12.1. The van der Waals surface area contributed by atoms with Crippen molar-refractivity contribution in [3.8, 4) is 6.07 Å². The fraction of sp³-hybridized carbons (Fsp3) is 0.500. The minimum atomic E-state index is 0.0667. The largest absolute Gasteiger partial charge is 0.342 e. The van der Waals surface area contributed by atoms with Crippen molar-refractivity contribution in [2.24, 2.45) is 0 Å². The van der Waals surface area contributed by atoms with Crippen molar-refractivity contribution in [2.75, 3.05) is 19.6 Å². The average Bonchev–Trinajstić information content (AvgIpc) is 2.53. The lowest BCUT2D eigenvalue weighted by atomic mass is 10.1. The molecule has 106 valence electrons. The minimum Gasteiger partial charge on any atom is -0.342 e. The Morgan fingerprint density at radius 3 is 2.85 bits per heavy atom. The molecule has 1 aromatic carbocycles. The van der Waals surface area contributed by atoms with E-state index in [0.29, 0.717) is 12.1 Å². The molecular formula is C16H21N3O. The second kappa shape index (κ2) is 7.06. The van der Waals surface area contributed by atoms with Crippen LogP contribution >= 0.6 is 0 Å². The van der Waals surface area contributed by atoms with E-state index in [-0.39, 0.29) is 11.9 Å². The van der Waals surface area contributed by atoms with Gasteiger partial charge in [0.1, 0.15) is 0 Å². The number of likely N-dealkylation sites (tertiary alicyclic amines) is 1. The van der Waals surface area contributed by atoms with Gasteiger partial charge in [-0.25, -0.2) is 0 Å². The predicted molar refractivity (Wildman–Crippen MR) is 78.0 cm³/mol. The lowest BCUT2D eigenvalue weighted by Crippen LogP contribution is -2.41. The van der Waals surface area contributed by atoms with Crippen molar-refractivity contribution in [1.82, 2.24) is 10.2 Å². The summed E-state index contributed by atoms with van der Waals surface area (Å²) in [6.45, 7) is 4.15. The second-order valence-electron chi connectivity index (χ2n) is 5.28. The van der Waals surface area contributed by atoms with E-state index in [9.17, 15) is 4.79 Å². The zero-order valence-electron chi connectivity index (χ0n) is 11.9. The van der Waals surface area contributed by atoms with Gasteiger partial charge in [0.15, 0.2) is 0 Å². The van der Waals surface area contributed by atoms with E-state index in [1.165, 1.54) is 6.42 Å². The molecule has 1 aliphatic rings. The van der Waals surface area contributed by atoms with Gasteiger partial charge in [-0.3, -0.25) is 4.79 Å². The Bertz CT molecular complexity index is 501. The van der Waals surface area contributed by atoms with Gasteiger partial charge >= 0.3 is 0 Å². The molecule has 4 nitrogen and oxygen atoms in total.